The zero-order valence-electron chi connectivity index (χ0n) is 9.91. The van der Waals surface area contributed by atoms with E-state index >= 15 is 0 Å². The summed E-state index contributed by atoms with van der Waals surface area (Å²) in [6.45, 7) is 6.25. The molecule has 0 atom stereocenters. The Hall–Kier alpha value is -1.78. The molecule has 0 aromatic heterocycles. The molecule has 0 radical (unpaired) electrons. The molecule has 0 saturated heterocycles. The summed E-state index contributed by atoms with van der Waals surface area (Å²) in [5.41, 5.74) is 5.16. The predicted octanol–water partition coefficient (Wildman–Crippen LogP) is 1.13. The standard InChI is InChI=1S/C11H19N3O2/c1-4-5-14-11(16-7-8(2)3)9(6-12)10(13)15/h4-6,8,12,14H,7H2,1-3H3,(H2,13,15)/b5-4+,11-9-,12-6?. The molecule has 0 bridgehead atoms. The van der Waals surface area contributed by atoms with Crippen molar-refractivity contribution in [2.75, 3.05) is 6.61 Å². The van der Waals surface area contributed by atoms with Crippen molar-refractivity contribution in [2.24, 2.45) is 11.7 Å². The number of carbonyl (C=O) groups excluding carboxylic acids is 1. The largest absolute Gasteiger partial charge is 0.478 e. The van der Waals surface area contributed by atoms with Crippen LogP contribution in [-0.2, 0) is 9.53 Å². The van der Waals surface area contributed by atoms with Crippen LogP contribution in [0.4, 0.5) is 0 Å². The van der Waals surface area contributed by atoms with Crippen LogP contribution in [0.3, 0.4) is 0 Å². The van der Waals surface area contributed by atoms with Gasteiger partial charge in [-0.25, -0.2) is 0 Å². The van der Waals surface area contributed by atoms with Crippen molar-refractivity contribution in [2.45, 2.75) is 20.8 Å². The topological polar surface area (TPSA) is 88.2 Å². The van der Waals surface area contributed by atoms with Gasteiger partial charge in [0.2, 0.25) is 5.88 Å². The molecule has 0 spiro atoms. The normalized spacial score (nSPS) is 12.5. The molecule has 5 heteroatoms. The molecule has 0 unspecified atom stereocenters. The zero-order valence-corrected chi connectivity index (χ0v) is 9.91. The first-order valence-electron chi connectivity index (χ1n) is 5.08. The fraction of sp³-hybridized carbons (Fsp3) is 0.455. The van der Waals surface area contributed by atoms with Crippen LogP contribution in [-0.4, -0.2) is 18.7 Å². The second kappa shape index (κ2) is 7.50. The number of nitrogens with two attached hydrogens (primary N) is 1. The lowest BCUT2D eigenvalue weighted by atomic mass is 10.2. The van der Waals surface area contributed by atoms with Gasteiger partial charge < -0.3 is 21.2 Å². The molecular formula is C11H19N3O2. The Morgan fingerprint density at radius 3 is 2.56 bits per heavy atom. The van der Waals surface area contributed by atoms with Crippen molar-refractivity contribution in [3.8, 4) is 0 Å². The molecule has 4 N–H and O–H groups in total. The lowest BCUT2D eigenvalue weighted by Gasteiger charge is -2.13. The van der Waals surface area contributed by atoms with E-state index in [1.54, 1.807) is 12.3 Å². The Kier molecular flexibility index (Phi) is 6.67. The maximum Gasteiger partial charge on any atom is 0.255 e. The van der Waals surface area contributed by atoms with E-state index in [2.05, 4.69) is 5.32 Å². The molecule has 0 aromatic carbocycles. The predicted molar refractivity (Wildman–Crippen MR) is 63.7 cm³/mol. The van der Waals surface area contributed by atoms with E-state index in [-0.39, 0.29) is 11.5 Å². The van der Waals surface area contributed by atoms with Crippen LogP contribution >= 0.6 is 0 Å². The summed E-state index contributed by atoms with van der Waals surface area (Å²) < 4.78 is 5.39. The van der Waals surface area contributed by atoms with E-state index < -0.39 is 5.91 Å². The number of nitrogens with one attached hydrogen (secondary N) is 2. The number of hydrogen-bond acceptors (Lipinski definition) is 4. The van der Waals surface area contributed by atoms with Crippen molar-refractivity contribution in [3.63, 3.8) is 0 Å². The molecular weight excluding hydrogens is 206 g/mol. The van der Waals surface area contributed by atoms with Gasteiger partial charge in [-0.05, 0) is 19.0 Å². The molecule has 0 rings (SSSR count). The fourth-order valence-corrected chi connectivity index (χ4v) is 0.855. The SMILES string of the molecule is C/C=C/N/C(OCC(C)C)=C(\C=N)C(N)=O. The van der Waals surface area contributed by atoms with Crippen molar-refractivity contribution < 1.29 is 9.53 Å². The number of amides is 1. The summed E-state index contributed by atoms with van der Waals surface area (Å²) in [6, 6.07) is 0. The van der Waals surface area contributed by atoms with E-state index in [0.29, 0.717) is 12.5 Å². The van der Waals surface area contributed by atoms with Crippen molar-refractivity contribution in [3.05, 3.63) is 23.7 Å². The monoisotopic (exact) mass is 225 g/mol. The van der Waals surface area contributed by atoms with E-state index in [1.807, 2.05) is 20.8 Å². The second-order valence-electron chi connectivity index (χ2n) is 3.60. The van der Waals surface area contributed by atoms with Gasteiger partial charge in [-0.3, -0.25) is 4.79 Å². The van der Waals surface area contributed by atoms with Gasteiger partial charge in [0.15, 0.2) is 0 Å². The summed E-state index contributed by atoms with van der Waals surface area (Å²) in [7, 11) is 0. The summed E-state index contributed by atoms with van der Waals surface area (Å²) in [4.78, 5) is 11.0. The van der Waals surface area contributed by atoms with Crippen molar-refractivity contribution >= 4 is 12.1 Å². The van der Waals surface area contributed by atoms with E-state index in [1.165, 1.54) is 0 Å². The van der Waals surface area contributed by atoms with Gasteiger partial charge in [-0.2, -0.15) is 0 Å². The van der Waals surface area contributed by atoms with Gasteiger partial charge in [0.05, 0.1) is 6.61 Å². The second-order valence-corrected chi connectivity index (χ2v) is 3.60. The minimum absolute atomic E-state index is 0.0266. The average Bonchev–Trinajstić information content (AvgIpc) is 2.21. The molecule has 5 nitrogen and oxygen atoms in total. The molecule has 0 fully saturated rings. The highest BCUT2D eigenvalue weighted by molar-refractivity contribution is 6.10. The Morgan fingerprint density at radius 2 is 2.19 bits per heavy atom. The molecule has 0 saturated carbocycles. The van der Waals surface area contributed by atoms with Crippen molar-refractivity contribution in [1.29, 1.82) is 5.41 Å². The molecule has 0 aliphatic carbocycles. The van der Waals surface area contributed by atoms with Crippen LogP contribution in [0.5, 0.6) is 0 Å². The maximum absolute atomic E-state index is 11.0. The highest BCUT2D eigenvalue weighted by Crippen LogP contribution is 2.04. The van der Waals surface area contributed by atoms with E-state index in [9.17, 15) is 4.79 Å². The first kappa shape index (κ1) is 14.2. The Morgan fingerprint density at radius 1 is 1.56 bits per heavy atom. The number of ether oxygens (including phenoxy) is 1. The minimum Gasteiger partial charge on any atom is -0.478 e. The van der Waals surface area contributed by atoms with Gasteiger partial charge in [-0.15, -0.1) is 0 Å². The smallest absolute Gasteiger partial charge is 0.255 e. The van der Waals surface area contributed by atoms with Gasteiger partial charge in [-0.1, -0.05) is 19.9 Å². The Bertz CT molecular complexity index is 306. The summed E-state index contributed by atoms with van der Waals surface area (Å²) in [5.74, 6) is -0.151. The number of rotatable bonds is 7. The first-order valence-corrected chi connectivity index (χ1v) is 5.08. The molecule has 0 heterocycles. The quantitative estimate of drug-likeness (QED) is 0.345. The van der Waals surface area contributed by atoms with Crippen LogP contribution < -0.4 is 11.1 Å². The van der Waals surface area contributed by atoms with Crippen molar-refractivity contribution in [1.82, 2.24) is 5.32 Å². The van der Waals surface area contributed by atoms with Crippen LogP contribution in [0.1, 0.15) is 20.8 Å². The highest BCUT2D eigenvalue weighted by atomic mass is 16.5. The first-order chi connectivity index (χ1) is 7.52. The average molecular weight is 225 g/mol. The van der Waals surface area contributed by atoms with E-state index in [0.717, 1.165) is 6.21 Å². The Balaban J connectivity index is 4.87. The van der Waals surface area contributed by atoms with Gasteiger partial charge in [0, 0.05) is 6.21 Å². The lowest BCUT2D eigenvalue weighted by Crippen LogP contribution is -2.23. The number of hydrogen-bond donors (Lipinski definition) is 3. The zero-order chi connectivity index (χ0) is 12.6. The van der Waals surface area contributed by atoms with Crippen LogP contribution in [0.15, 0.2) is 23.7 Å². The third-order valence-electron chi connectivity index (χ3n) is 1.60. The summed E-state index contributed by atoms with van der Waals surface area (Å²) in [5, 5.41) is 9.90. The molecule has 0 aliphatic rings. The molecule has 0 aromatic rings. The summed E-state index contributed by atoms with van der Waals surface area (Å²) >= 11 is 0. The molecule has 16 heavy (non-hydrogen) atoms. The molecule has 1 amide bonds. The minimum atomic E-state index is -0.689. The van der Waals surface area contributed by atoms with E-state index in [4.69, 9.17) is 15.9 Å². The molecule has 90 valence electrons. The van der Waals surface area contributed by atoms with Gasteiger partial charge >= 0.3 is 0 Å². The Labute approximate surface area is 95.9 Å². The van der Waals surface area contributed by atoms with Gasteiger partial charge in [0.25, 0.3) is 5.91 Å². The molecule has 0 aliphatic heterocycles. The van der Waals surface area contributed by atoms with Crippen LogP contribution in [0.2, 0.25) is 0 Å². The number of carbonyl (C=O) groups is 1. The maximum atomic E-state index is 11.0. The fourth-order valence-electron chi connectivity index (χ4n) is 0.855. The number of primary amides is 1. The van der Waals surface area contributed by atoms with Crippen LogP contribution in [0, 0.1) is 11.3 Å². The third kappa shape index (κ3) is 5.19. The third-order valence-corrected chi connectivity index (χ3v) is 1.60. The number of allylic oxidation sites excluding steroid dienone is 1. The summed E-state index contributed by atoms with van der Waals surface area (Å²) in [6.07, 6.45) is 4.25. The van der Waals surface area contributed by atoms with Gasteiger partial charge in [0.1, 0.15) is 5.57 Å². The lowest BCUT2D eigenvalue weighted by molar-refractivity contribution is -0.114. The highest BCUT2D eigenvalue weighted by Gasteiger charge is 2.11. The van der Waals surface area contributed by atoms with Crippen LogP contribution in [0.25, 0.3) is 0 Å².